The average Bonchev–Trinajstić information content (AvgIpc) is 2.51. The van der Waals surface area contributed by atoms with E-state index in [1.54, 1.807) is 6.92 Å². The number of oxime groups is 1. The molecule has 82 valence electrons. The Morgan fingerprint density at radius 1 is 1.93 bits per heavy atom. The van der Waals surface area contributed by atoms with E-state index in [-0.39, 0.29) is 12.4 Å². The van der Waals surface area contributed by atoms with E-state index in [9.17, 15) is 4.79 Å². The van der Waals surface area contributed by atoms with Crippen LogP contribution >= 0.6 is 24.0 Å². The van der Waals surface area contributed by atoms with Crippen LogP contribution in [0.4, 0.5) is 0 Å². The molecule has 0 saturated heterocycles. The number of nitrogens with two attached hydrogens (primary N) is 1. The average molecular weight is 243 g/mol. The lowest BCUT2D eigenvalue weighted by molar-refractivity contribution is -0.148. The van der Waals surface area contributed by atoms with E-state index >= 15 is 0 Å². The van der Waals surface area contributed by atoms with Crippen LogP contribution in [0, 0.1) is 0 Å². The van der Waals surface area contributed by atoms with Gasteiger partial charge in [0.25, 0.3) is 0 Å². The van der Waals surface area contributed by atoms with Gasteiger partial charge in [-0.15, -0.1) is 12.4 Å². The fourth-order valence-electron chi connectivity index (χ4n) is 0.948. The number of rotatable bonds is 3. The maximum atomic E-state index is 11.1. The maximum absolute atomic E-state index is 11.1. The highest BCUT2D eigenvalue weighted by Gasteiger charge is 2.32. The van der Waals surface area contributed by atoms with Gasteiger partial charge >= 0.3 is 5.97 Å². The Kier molecular flexibility index (Phi) is 5.83. The molecule has 0 aromatic heterocycles. The van der Waals surface area contributed by atoms with Crippen molar-refractivity contribution >= 4 is 35.1 Å². The minimum Gasteiger partial charge on any atom is -0.465 e. The highest BCUT2D eigenvalue weighted by Crippen LogP contribution is 2.15. The highest BCUT2D eigenvalue weighted by atomic mass is 35.5. The van der Waals surface area contributed by atoms with Crippen LogP contribution in [-0.4, -0.2) is 29.9 Å². The monoisotopic (exact) mass is 242 g/mol. The molecule has 0 spiro atoms. The van der Waals surface area contributed by atoms with Crippen LogP contribution in [0.3, 0.4) is 0 Å². The Morgan fingerprint density at radius 2 is 2.57 bits per heavy atom. The normalized spacial score (nSPS) is 21.6. The molecule has 1 aliphatic rings. The van der Waals surface area contributed by atoms with Gasteiger partial charge in [0.05, 0.1) is 6.61 Å². The molecule has 0 fully saturated rings. The van der Waals surface area contributed by atoms with E-state index in [4.69, 9.17) is 26.9 Å². The smallest absolute Gasteiger partial charge is 0.326 e. The fourth-order valence-corrected chi connectivity index (χ4v) is 1.14. The van der Waals surface area contributed by atoms with Crippen molar-refractivity contribution in [3.8, 4) is 0 Å². The summed E-state index contributed by atoms with van der Waals surface area (Å²) < 4.78 is 4.71. The van der Waals surface area contributed by atoms with Crippen LogP contribution < -0.4 is 5.73 Å². The molecule has 1 rings (SSSR count). The standard InChI is InChI=1S/C7H11ClN2O3.ClH/c1-2-12-7(11)6(9)4-3-5(8)10-13-4;/h4,6H,2-3,9H2,1H3;1H. The summed E-state index contributed by atoms with van der Waals surface area (Å²) >= 11 is 5.55. The Bertz CT molecular complexity index is 235. The summed E-state index contributed by atoms with van der Waals surface area (Å²) in [5, 5.41) is 3.80. The lowest BCUT2D eigenvalue weighted by Gasteiger charge is -2.14. The maximum Gasteiger partial charge on any atom is 0.326 e. The first kappa shape index (κ1) is 13.5. The summed E-state index contributed by atoms with van der Waals surface area (Å²) in [5.41, 5.74) is 5.54. The number of nitrogens with zero attached hydrogens (tertiary/aromatic N) is 1. The second kappa shape index (κ2) is 6.06. The van der Waals surface area contributed by atoms with Crippen molar-refractivity contribution in [3.05, 3.63) is 0 Å². The first-order chi connectivity index (χ1) is 6.15. The molecular weight excluding hydrogens is 231 g/mol. The van der Waals surface area contributed by atoms with Gasteiger partial charge < -0.3 is 15.3 Å². The number of hydrogen-bond acceptors (Lipinski definition) is 5. The Labute approximate surface area is 93.0 Å². The zero-order chi connectivity index (χ0) is 9.84. The Morgan fingerprint density at radius 3 is 3.00 bits per heavy atom. The van der Waals surface area contributed by atoms with Crippen molar-refractivity contribution < 1.29 is 14.4 Å². The third-order valence-electron chi connectivity index (χ3n) is 1.62. The van der Waals surface area contributed by atoms with Crippen molar-refractivity contribution in [2.75, 3.05) is 6.61 Å². The third kappa shape index (κ3) is 3.32. The molecule has 14 heavy (non-hydrogen) atoms. The quantitative estimate of drug-likeness (QED) is 0.738. The molecule has 0 aliphatic carbocycles. The summed E-state index contributed by atoms with van der Waals surface area (Å²) in [6, 6.07) is -0.819. The van der Waals surface area contributed by atoms with Gasteiger partial charge in [0.1, 0.15) is 11.2 Å². The van der Waals surface area contributed by atoms with E-state index in [1.165, 1.54) is 0 Å². The second-order valence-corrected chi connectivity index (χ2v) is 3.03. The molecule has 2 N–H and O–H groups in total. The zero-order valence-electron chi connectivity index (χ0n) is 7.60. The molecule has 0 saturated carbocycles. The van der Waals surface area contributed by atoms with Crippen molar-refractivity contribution in [2.45, 2.75) is 25.5 Å². The molecule has 0 radical (unpaired) electrons. The summed E-state index contributed by atoms with van der Waals surface area (Å²) in [4.78, 5) is 15.9. The van der Waals surface area contributed by atoms with Crippen molar-refractivity contribution in [3.63, 3.8) is 0 Å². The minimum atomic E-state index is -0.819. The Hall–Kier alpha value is -0.520. The summed E-state index contributed by atoms with van der Waals surface area (Å²) in [6.45, 7) is 2.01. The predicted molar refractivity (Wildman–Crippen MR) is 54.6 cm³/mol. The number of carbonyl (C=O) groups excluding carboxylic acids is 1. The molecule has 5 nitrogen and oxygen atoms in total. The van der Waals surface area contributed by atoms with Crippen molar-refractivity contribution in [1.82, 2.24) is 0 Å². The molecule has 2 unspecified atom stereocenters. The molecule has 1 aliphatic heterocycles. The van der Waals surface area contributed by atoms with Gasteiger partial charge in [0, 0.05) is 6.42 Å². The molecule has 0 bridgehead atoms. The molecule has 1 heterocycles. The Balaban J connectivity index is 0.00000169. The van der Waals surface area contributed by atoms with E-state index in [0.717, 1.165) is 0 Å². The number of carbonyl (C=O) groups is 1. The van der Waals surface area contributed by atoms with Crippen LogP contribution in [0.1, 0.15) is 13.3 Å². The van der Waals surface area contributed by atoms with Gasteiger partial charge in [0.2, 0.25) is 0 Å². The first-order valence-electron chi connectivity index (χ1n) is 3.95. The van der Waals surface area contributed by atoms with Crippen molar-refractivity contribution in [1.29, 1.82) is 0 Å². The lowest BCUT2D eigenvalue weighted by Crippen LogP contribution is -2.43. The van der Waals surface area contributed by atoms with E-state index in [2.05, 4.69) is 5.16 Å². The van der Waals surface area contributed by atoms with E-state index in [0.29, 0.717) is 18.2 Å². The molecule has 0 aromatic carbocycles. The number of ether oxygens (including phenoxy) is 1. The second-order valence-electron chi connectivity index (χ2n) is 2.59. The number of halogens is 2. The molecule has 7 heteroatoms. The molecule has 0 aromatic rings. The van der Waals surface area contributed by atoms with Crippen LogP contribution in [-0.2, 0) is 14.4 Å². The topological polar surface area (TPSA) is 73.9 Å². The molecule has 2 atom stereocenters. The van der Waals surface area contributed by atoms with Gasteiger partial charge in [-0.3, -0.25) is 4.79 Å². The molecular formula is C7H12Cl2N2O3. The van der Waals surface area contributed by atoms with Crippen molar-refractivity contribution in [2.24, 2.45) is 10.9 Å². The van der Waals surface area contributed by atoms with Crippen LogP contribution in [0.15, 0.2) is 5.16 Å². The zero-order valence-corrected chi connectivity index (χ0v) is 9.18. The van der Waals surface area contributed by atoms with Gasteiger partial charge in [-0.25, -0.2) is 0 Å². The third-order valence-corrected chi connectivity index (χ3v) is 1.84. The molecule has 0 amide bonds. The van der Waals surface area contributed by atoms with Gasteiger partial charge in [-0.2, -0.15) is 0 Å². The van der Waals surface area contributed by atoms with Gasteiger partial charge in [-0.1, -0.05) is 16.8 Å². The van der Waals surface area contributed by atoms with Gasteiger partial charge in [-0.05, 0) is 6.92 Å². The van der Waals surface area contributed by atoms with Gasteiger partial charge in [0.15, 0.2) is 6.10 Å². The predicted octanol–water partition coefficient (Wildman–Crippen LogP) is 0.640. The number of hydrogen-bond donors (Lipinski definition) is 1. The van der Waals surface area contributed by atoms with E-state index < -0.39 is 18.1 Å². The van der Waals surface area contributed by atoms with E-state index in [1.807, 2.05) is 0 Å². The SMILES string of the molecule is CCOC(=O)C(N)C1CC(Cl)=NO1.Cl. The lowest BCUT2D eigenvalue weighted by atomic mass is 10.1. The summed E-state index contributed by atoms with van der Waals surface area (Å²) in [7, 11) is 0. The largest absolute Gasteiger partial charge is 0.465 e. The van der Waals surface area contributed by atoms with Crippen LogP contribution in [0.2, 0.25) is 0 Å². The minimum absolute atomic E-state index is 0. The highest BCUT2D eigenvalue weighted by molar-refractivity contribution is 6.65. The summed E-state index contributed by atoms with van der Waals surface area (Å²) in [6.07, 6.45) is -0.131. The van der Waals surface area contributed by atoms with Crippen LogP contribution in [0.5, 0.6) is 0 Å². The number of esters is 1. The summed E-state index contributed by atoms with van der Waals surface area (Å²) in [5.74, 6) is -0.492. The van der Waals surface area contributed by atoms with Crippen LogP contribution in [0.25, 0.3) is 0 Å². The first-order valence-corrected chi connectivity index (χ1v) is 4.33. The fraction of sp³-hybridized carbons (Fsp3) is 0.714.